The Labute approximate surface area is 210 Å². The van der Waals surface area contributed by atoms with Crippen molar-refractivity contribution in [3.8, 4) is 5.75 Å². The fraction of sp³-hybridized carbons (Fsp3) is 0.417. The van der Waals surface area contributed by atoms with E-state index in [1.807, 2.05) is 26.0 Å². The number of nitrogens with zero attached hydrogens (tertiary/aromatic N) is 2. The van der Waals surface area contributed by atoms with E-state index >= 15 is 0 Å². The smallest absolute Gasteiger partial charge is 0.244 e. The third kappa shape index (κ3) is 7.46. The summed E-state index contributed by atoms with van der Waals surface area (Å²) < 4.78 is 32.1. The lowest BCUT2D eigenvalue weighted by Crippen LogP contribution is -2.52. The number of benzene rings is 2. The highest BCUT2D eigenvalue weighted by Gasteiger charge is 2.32. The van der Waals surface area contributed by atoms with E-state index in [-0.39, 0.29) is 12.5 Å². The Hall–Kier alpha value is -2.59. The minimum Gasteiger partial charge on any atom is -0.497 e. The second-order valence-electron chi connectivity index (χ2n) is 7.81. The highest BCUT2D eigenvalue weighted by atomic mass is 79.9. The van der Waals surface area contributed by atoms with E-state index in [2.05, 4.69) is 21.2 Å². The van der Waals surface area contributed by atoms with Crippen molar-refractivity contribution in [3.05, 3.63) is 58.6 Å². The first-order chi connectivity index (χ1) is 16.1. The number of amides is 2. The third-order valence-corrected chi connectivity index (χ3v) is 7.04. The summed E-state index contributed by atoms with van der Waals surface area (Å²) in [7, 11) is -2.21. The molecule has 0 unspecified atom stereocenters. The molecule has 2 aromatic carbocycles. The van der Waals surface area contributed by atoms with Crippen LogP contribution in [0, 0.1) is 0 Å². The van der Waals surface area contributed by atoms with Gasteiger partial charge in [-0.2, -0.15) is 0 Å². The summed E-state index contributed by atoms with van der Waals surface area (Å²) in [5.41, 5.74) is 1.15. The first kappa shape index (κ1) is 27.7. The second kappa shape index (κ2) is 12.8. The molecule has 0 saturated carbocycles. The van der Waals surface area contributed by atoms with Crippen molar-refractivity contribution in [3.63, 3.8) is 0 Å². The number of methoxy groups -OCH3 is 1. The zero-order valence-electron chi connectivity index (χ0n) is 20.0. The standard InChI is InChI=1S/C24H32BrN3O5S/c1-5-15-26-24(30)21(6-2)27(16-18-11-13-19(33-3)14-12-18)23(29)17-28(34(4,31)32)22-10-8-7-9-20(22)25/h7-14,21H,5-6,15-17H2,1-4H3,(H,26,30)/t21-/m0/s1. The molecule has 2 rings (SSSR count). The summed E-state index contributed by atoms with van der Waals surface area (Å²) in [6.45, 7) is 3.98. The maximum absolute atomic E-state index is 13.6. The molecular formula is C24H32BrN3O5S. The van der Waals surface area contributed by atoms with Gasteiger partial charge in [0, 0.05) is 17.6 Å². The van der Waals surface area contributed by atoms with E-state index in [0.29, 0.717) is 28.9 Å². The molecule has 186 valence electrons. The van der Waals surface area contributed by atoms with Crippen LogP contribution in [0.4, 0.5) is 5.69 Å². The summed E-state index contributed by atoms with van der Waals surface area (Å²) in [5.74, 6) is -0.0694. The molecule has 2 aromatic rings. The Morgan fingerprint density at radius 2 is 1.74 bits per heavy atom. The largest absolute Gasteiger partial charge is 0.497 e. The molecule has 0 fully saturated rings. The van der Waals surface area contributed by atoms with Gasteiger partial charge in [-0.1, -0.05) is 38.1 Å². The number of hydrogen-bond donors (Lipinski definition) is 1. The zero-order chi connectivity index (χ0) is 25.3. The molecule has 0 bridgehead atoms. The minimum absolute atomic E-state index is 0.147. The topological polar surface area (TPSA) is 96.0 Å². The predicted molar refractivity (Wildman–Crippen MR) is 137 cm³/mol. The van der Waals surface area contributed by atoms with Crippen LogP contribution in [0.5, 0.6) is 5.75 Å². The molecule has 8 nitrogen and oxygen atoms in total. The molecule has 1 atom stereocenters. The lowest BCUT2D eigenvalue weighted by atomic mass is 10.1. The lowest BCUT2D eigenvalue weighted by Gasteiger charge is -2.33. The fourth-order valence-electron chi connectivity index (χ4n) is 3.46. The van der Waals surface area contributed by atoms with Crippen LogP contribution in [-0.2, 0) is 26.2 Å². The number of ether oxygens (including phenoxy) is 1. The molecule has 1 N–H and O–H groups in total. The van der Waals surface area contributed by atoms with Crippen LogP contribution >= 0.6 is 15.9 Å². The van der Waals surface area contributed by atoms with Gasteiger partial charge in [0.05, 0.1) is 19.1 Å². The molecule has 0 aliphatic rings. The molecule has 0 radical (unpaired) electrons. The van der Waals surface area contributed by atoms with Crippen molar-refractivity contribution in [2.45, 2.75) is 39.3 Å². The summed E-state index contributed by atoms with van der Waals surface area (Å²) in [5, 5.41) is 2.85. The second-order valence-corrected chi connectivity index (χ2v) is 10.6. The van der Waals surface area contributed by atoms with Crippen LogP contribution in [0.2, 0.25) is 0 Å². The van der Waals surface area contributed by atoms with Gasteiger partial charge >= 0.3 is 0 Å². The van der Waals surface area contributed by atoms with Crippen LogP contribution in [-0.4, -0.2) is 57.6 Å². The average molecular weight is 555 g/mol. The maximum Gasteiger partial charge on any atom is 0.244 e. The molecule has 0 aliphatic carbocycles. The molecule has 0 heterocycles. The summed E-state index contributed by atoms with van der Waals surface area (Å²) >= 11 is 3.37. The number of rotatable bonds is 12. The quantitative estimate of drug-likeness (QED) is 0.433. The summed E-state index contributed by atoms with van der Waals surface area (Å²) in [6, 6.07) is 13.2. The van der Waals surface area contributed by atoms with Gasteiger partial charge in [-0.05, 0) is 58.6 Å². The van der Waals surface area contributed by atoms with Gasteiger partial charge in [0.1, 0.15) is 18.3 Å². The Morgan fingerprint density at radius 3 is 2.26 bits per heavy atom. The number of para-hydroxylation sites is 1. The lowest BCUT2D eigenvalue weighted by molar-refractivity contribution is -0.140. The Balaban J connectivity index is 2.42. The number of carbonyl (C=O) groups is 2. The molecule has 2 amide bonds. The first-order valence-corrected chi connectivity index (χ1v) is 13.7. The van der Waals surface area contributed by atoms with Crippen LogP contribution < -0.4 is 14.4 Å². The Morgan fingerprint density at radius 1 is 1.09 bits per heavy atom. The van der Waals surface area contributed by atoms with Crippen molar-refractivity contribution in [2.75, 3.05) is 30.8 Å². The molecule has 10 heteroatoms. The van der Waals surface area contributed by atoms with Crippen LogP contribution in [0.3, 0.4) is 0 Å². The van der Waals surface area contributed by atoms with Gasteiger partial charge in [0.25, 0.3) is 0 Å². The summed E-state index contributed by atoms with van der Waals surface area (Å²) in [4.78, 5) is 27.9. The van der Waals surface area contributed by atoms with Crippen molar-refractivity contribution in [1.29, 1.82) is 0 Å². The Bertz CT molecular complexity index is 1080. The van der Waals surface area contributed by atoms with Crippen molar-refractivity contribution in [1.82, 2.24) is 10.2 Å². The molecule has 0 spiro atoms. The van der Waals surface area contributed by atoms with E-state index < -0.39 is 28.5 Å². The Kier molecular flexibility index (Phi) is 10.4. The van der Waals surface area contributed by atoms with Gasteiger partial charge < -0.3 is 15.0 Å². The van der Waals surface area contributed by atoms with Gasteiger partial charge in [-0.25, -0.2) is 8.42 Å². The maximum atomic E-state index is 13.6. The van der Waals surface area contributed by atoms with Crippen LogP contribution in [0.15, 0.2) is 53.0 Å². The molecular weight excluding hydrogens is 522 g/mol. The number of nitrogens with one attached hydrogen (secondary N) is 1. The first-order valence-electron chi connectivity index (χ1n) is 11.0. The summed E-state index contributed by atoms with van der Waals surface area (Å²) in [6.07, 6.45) is 2.20. The molecule has 0 aromatic heterocycles. The van der Waals surface area contributed by atoms with Crippen molar-refractivity contribution < 1.29 is 22.7 Å². The third-order valence-electron chi connectivity index (χ3n) is 5.25. The normalized spacial score (nSPS) is 12.0. The molecule has 0 saturated heterocycles. The van der Waals surface area contributed by atoms with E-state index in [1.165, 1.54) is 4.90 Å². The number of hydrogen-bond acceptors (Lipinski definition) is 5. The molecule has 34 heavy (non-hydrogen) atoms. The van der Waals surface area contributed by atoms with E-state index in [1.54, 1.807) is 43.5 Å². The monoisotopic (exact) mass is 553 g/mol. The highest BCUT2D eigenvalue weighted by Crippen LogP contribution is 2.28. The number of halogens is 1. The number of carbonyl (C=O) groups excluding carboxylic acids is 2. The van der Waals surface area contributed by atoms with Crippen molar-refractivity contribution >= 4 is 43.5 Å². The van der Waals surface area contributed by atoms with E-state index in [4.69, 9.17) is 4.74 Å². The van der Waals surface area contributed by atoms with Gasteiger partial charge in [0.15, 0.2) is 0 Å². The van der Waals surface area contributed by atoms with Gasteiger partial charge in [0.2, 0.25) is 21.8 Å². The van der Waals surface area contributed by atoms with Crippen LogP contribution in [0.1, 0.15) is 32.3 Å². The highest BCUT2D eigenvalue weighted by molar-refractivity contribution is 9.10. The van der Waals surface area contributed by atoms with Crippen molar-refractivity contribution in [2.24, 2.45) is 0 Å². The number of anilines is 1. The van der Waals surface area contributed by atoms with Gasteiger partial charge in [-0.15, -0.1) is 0 Å². The number of sulfonamides is 1. The SMILES string of the molecule is CCCNC(=O)[C@H](CC)N(Cc1ccc(OC)cc1)C(=O)CN(c1ccccc1Br)S(C)(=O)=O. The minimum atomic E-state index is -3.78. The average Bonchev–Trinajstić information content (AvgIpc) is 2.81. The van der Waals surface area contributed by atoms with E-state index in [0.717, 1.165) is 22.5 Å². The predicted octanol–water partition coefficient (Wildman–Crippen LogP) is 3.56. The van der Waals surface area contributed by atoms with Gasteiger partial charge in [-0.3, -0.25) is 13.9 Å². The fourth-order valence-corrected chi connectivity index (χ4v) is 4.94. The zero-order valence-corrected chi connectivity index (χ0v) is 22.4. The van der Waals surface area contributed by atoms with Crippen LogP contribution in [0.25, 0.3) is 0 Å². The van der Waals surface area contributed by atoms with E-state index in [9.17, 15) is 18.0 Å². The molecule has 0 aliphatic heterocycles.